The van der Waals surface area contributed by atoms with Crippen LogP contribution in [0.15, 0.2) is 133 Å². The Balaban J connectivity index is 0.947. The van der Waals surface area contributed by atoms with Gasteiger partial charge in [-0.2, -0.15) is 0 Å². The minimum Gasteiger partial charge on any atom is -0.491 e. The molecule has 15 aromatic rings. The molecule has 0 heterocycles. The van der Waals surface area contributed by atoms with Gasteiger partial charge in [-0.3, -0.25) is 0 Å². The van der Waals surface area contributed by atoms with Gasteiger partial charge in [0.05, 0.1) is 39.6 Å². The number of unbranched alkanes of at least 4 members (excludes halogenated alkanes) is 18. The molecule has 0 saturated heterocycles. The summed E-state index contributed by atoms with van der Waals surface area (Å²) in [5, 5.41) is 33.5. The molecule has 482 valence electrons. The van der Waals surface area contributed by atoms with Gasteiger partial charge in [0.1, 0.15) is 24.7 Å². The van der Waals surface area contributed by atoms with Crippen LogP contribution in [0.3, 0.4) is 0 Å². The van der Waals surface area contributed by atoms with Crippen LogP contribution in [0, 0.1) is 0 Å². The monoisotopic (exact) mass is 1250 g/mol. The van der Waals surface area contributed by atoms with E-state index < -0.39 is 0 Å². The summed E-state index contributed by atoms with van der Waals surface area (Å²) in [4.78, 5) is 0. The van der Waals surface area contributed by atoms with Gasteiger partial charge in [-0.15, -0.1) is 0 Å². The zero-order valence-electron chi connectivity index (χ0n) is 56.4. The molecule has 0 aliphatic rings. The lowest BCUT2D eigenvalue weighted by atomic mass is 9.72. The second-order valence-corrected chi connectivity index (χ2v) is 27.6. The minimum absolute atomic E-state index is 0.476. The molecule has 6 nitrogen and oxygen atoms in total. The van der Waals surface area contributed by atoms with Gasteiger partial charge >= 0.3 is 0 Å². The van der Waals surface area contributed by atoms with Gasteiger partial charge in [-0.05, 0) is 237 Å². The van der Waals surface area contributed by atoms with Gasteiger partial charge in [-0.1, -0.05) is 214 Å². The highest BCUT2D eigenvalue weighted by atomic mass is 16.5. The first-order chi connectivity index (χ1) is 46.6. The van der Waals surface area contributed by atoms with Gasteiger partial charge in [0.15, 0.2) is 0 Å². The Kier molecular flexibility index (Phi) is 18.9. The standard InChI is InChI=1S/C88H94O6/c1-5-7-9-11-13-15-17-19-21-23-27-57-49-69-65-29-25-31-67-73-53-61(59-33-37-63(38-34-59)93-47-45-91-43-41-89-3)55-75-76-56-62(60-35-39-64(40-36-60)94-48-46-92-44-42-90-4)54-74-68-32-26-30-66-70-50-58(28-24-22-20-18-16-14-12-10-8-6-2)52-72-71(51-57)79(69)85-83(77(65)67)87(81(73)75)88(82(74)76)84(78(66)68)86(85)80(70)72/h25-26,29-40,49-56H,5-24,27-28,41-48H2,1-4H3. The van der Waals surface area contributed by atoms with E-state index in [1.54, 1.807) is 14.2 Å². The van der Waals surface area contributed by atoms with E-state index in [2.05, 4.69) is 147 Å². The lowest BCUT2D eigenvalue weighted by Crippen LogP contribution is -2.09. The fourth-order valence-electron chi connectivity index (χ4n) is 16.9. The summed E-state index contributed by atoms with van der Waals surface area (Å²) in [5.74, 6) is 1.67. The highest BCUT2D eigenvalue weighted by molar-refractivity contribution is 6.61. The van der Waals surface area contributed by atoms with Crippen molar-refractivity contribution in [3.63, 3.8) is 0 Å². The molecule has 0 N–H and O–H groups in total. The van der Waals surface area contributed by atoms with E-state index >= 15 is 0 Å². The van der Waals surface area contributed by atoms with E-state index in [9.17, 15) is 0 Å². The zero-order chi connectivity index (χ0) is 63.5. The molecule has 0 aliphatic carbocycles. The molecular weight excluding hydrogens is 1150 g/mol. The van der Waals surface area contributed by atoms with Crippen LogP contribution in [0.1, 0.15) is 153 Å². The minimum atomic E-state index is 0.476. The number of rotatable bonds is 38. The van der Waals surface area contributed by atoms with E-state index in [-0.39, 0.29) is 0 Å². The zero-order valence-corrected chi connectivity index (χ0v) is 56.4. The molecule has 0 saturated carbocycles. The van der Waals surface area contributed by atoms with Crippen molar-refractivity contribution < 1.29 is 28.4 Å². The largest absolute Gasteiger partial charge is 0.491 e. The lowest BCUT2D eigenvalue weighted by molar-refractivity contribution is 0.0544. The summed E-state index contributed by atoms with van der Waals surface area (Å²) in [6.07, 6.45) is 29.0. The topological polar surface area (TPSA) is 55.4 Å². The van der Waals surface area contributed by atoms with Crippen LogP contribution in [-0.4, -0.2) is 67.1 Å². The molecule has 0 amide bonds. The van der Waals surface area contributed by atoms with E-state index in [0.29, 0.717) is 52.9 Å². The van der Waals surface area contributed by atoms with E-state index in [1.165, 1.54) is 280 Å². The molecule has 0 fully saturated rings. The molecule has 15 rings (SSSR count). The van der Waals surface area contributed by atoms with Crippen LogP contribution in [0.5, 0.6) is 11.5 Å². The quantitative estimate of drug-likeness (QED) is 0.0218. The van der Waals surface area contributed by atoms with Gasteiger partial charge in [0, 0.05) is 14.2 Å². The number of methoxy groups -OCH3 is 2. The molecule has 0 unspecified atom stereocenters. The summed E-state index contributed by atoms with van der Waals surface area (Å²) in [7, 11) is 3.40. The van der Waals surface area contributed by atoms with Crippen molar-refractivity contribution in [2.45, 2.75) is 155 Å². The first-order valence-corrected chi connectivity index (χ1v) is 36.4. The van der Waals surface area contributed by atoms with Crippen LogP contribution in [-0.2, 0) is 31.8 Å². The Bertz CT molecular complexity index is 4650. The second kappa shape index (κ2) is 28.4. The first kappa shape index (κ1) is 62.5. The number of fused-ring (bicyclic) bond motifs is 6. The Hall–Kier alpha value is -7.58. The number of aryl methyl sites for hydroxylation is 2. The third-order valence-electron chi connectivity index (χ3n) is 21.4. The normalized spacial score (nSPS) is 12.6. The van der Waals surface area contributed by atoms with Crippen LogP contribution in [0.4, 0.5) is 0 Å². The maximum Gasteiger partial charge on any atom is 0.119 e. The van der Waals surface area contributed by atoms with Gasteiger partial charge < -0.3 is 28.4 Å². The molecule has 0 atom stereocenters. The second-order valence-electron chi connectivity index (χ2n) is 27.6. The lowest BCUT2D eigenvalue weighted by Gasteiger charge is -2.30. The van der Waals surface area contributed by atoms with E-state index in [1.807, 2.05) is 0 Å². The van der Waals surface area contributed by atoms with Crippen molar-refractivity contribution in [2.75, 3.05) is 67.1 Å². The highest BCUT2D eigenvalue weighted by Gasteiger charge is 2.32. The van der Waals surface area contributed by atoms with Crippen LogP contribution >= 0.6 is 0 Å². The Labute approximate surface area is 555 Å². The summed E-state index contributed by atoms with van der Waals surface area (Å²) >= 11 is 0. The molecule has 0 bridgehead atoms. The van der Waals surface area contributed by atoms with Crippen molar-refractivity contribution in [1.82, 2.24) is 0 Å². The molecule has 94 heavy (non-hydrogen) atoms. The summed E-state index contributed by atoms with van der Waals surface area (Å²) in [6.45, 7) is 8.85. The molecule has 0 spiro atoms. The Morgan fingerprint density at radius 1 is 0.234 bits per heavy atom. The molecule has 0 radical (unpaired) electrons. The number of benzene rings is 15. The summed E-state index contributed by atoms with van der Waals surface area (Å²) in [6, 6.07) is 52.8. The van der Waals surface area contributed by atoms with Gasteiger partial charge in [-0.25, -0.2) is 0 Å². The molecule has 0 aromatic heterocycles. The molecular formula is C88H94O6. The van der Waals surface area contributed by atoms with Crippen LogP contribution < -0.4 is 9.47 Å². The molecule has 0 aliphatic heterocycles. The smallest absolute Gasteiger partial charge is 0.119 e. The number of hydrogen-bond acceptors (Lipinski definition) is 6. The van der Waals surface area contributed by atoms with Crippen LogP contribution in [0.2, 0.25) is 0 Å². The van der Waals surface area contributed by atoms with E-state index in [0.717, 1.165) is 35.5 Å². The first-order valence-electron chi connectivity index (χ1n) is 36.4. The maximum absolute atomic E-state index is 6.25. The fourth-order valence-corrected chi connectivity index (χ4v) is 16.9. The number of hydrogen-bond donors (Lipinski definition) is 0. The Morgan fingerprint density at radius 3 is 0.819 bits per heavy atom. The SMILES string of the molecule is CCCCCCCCCCCCc1cc2c3cccc4c5cc(-c6ccc(OCCOCCOC)cc6)cc6c7cc(-c8ccc(OCCOCCOC)cc8)cc8c9cccc%10c%11cc(CCCCCCCCCCCC)cc%12c(c1)c2c1c(c34)c(c56)c(c87)c(c%109)c1c%11%12. The fraction of sp³-hybridized carbons (Fsp3) is 0.386. The van der Waals surface area contributed by atoms with Crippen molar-refractivity contribution >= 4 is 129 Å². The number of ether oxygens (including phenoxy) is 6. The summed E-state index contributed by atoms with van der Waals surface area (Å²) < 4.78 is 34.4. The molecule has 6 heteroatoms. The molecule has 15 aromatic carbocycles. The van der Waals surface area contributed by atoms with Gasteiger partial charge in [0.2, 0.25) is 0 Å². The predicted octanol–water partition coefficient (Wildman–Crippen LogP) is 24.5. The van der Waals surface area contributed by atoms with Crippen molar-refractivity contribution in [3.8, 4) is 33.8 Å². The van der Waals surface area contributed by atoms with Crippen molar-refractivity contribution in [3.05, 3.63) is 145 Å². The maximum atomic E-state index is 6.25. The average molecular weight is 1250 g/mol. The summed E-state index contributed by atoms with van der Waals surface area (Å²) in [5.41, 5.74) is 7.68. The van der Waals surface area contributed by atoms with Crippen LogP contribution in [0.25, 0.3) is 152 Å². The highest BCUT2D eigenvalue weighted by Crippen LogP contribution is 2.61. The average Bonchev–Trinajstić information content (AvgIpc) is 0.645. The third kappa shape index (κ3) is 11.7. The third-order valence-corrected chi connectivity index (χ3v) is 21.4. The Morgan fingerprint density at radius 2 is 0.500 bits per heavy atom. The van der Waals surface area contributed by atoms with Crippen molar-refractivity contribution in [2.24, 2.45) is 0 Å². The van der Waals surface area contributed by atoms with E-state index in [4.69, 9.17) is 28.4 Å². The predicted molar refractivity (Wildman–Crippen MR) is 402 cm³/mol. The van der Waals surface area contributed by atoms with Crippen molar-refractivity contribution in [1.29, 1.82) is 0 Å². The van der Waals surface area contributed by atoms with Gasteiger partial charge in [0.25, 0.3) is 0 Å².